The topological polar surface area (TPSA) is 442 Å². The van der Waals surface area contributed by atoms with Crippen molar-refractivity contribution in [3.05, 3.63) is 107 Å². The molecule has 4 aliphatic carbocycles. The van der Waals surface area contributed by atoms with Crippen LogP contribution in [0.5, 0.6) is 46.0 Å². The number of Topliss-reactive ketones (excluding diaryl/α,β-unsaturated/α-hetero) is 1. The fourth-order valence-electron chi connectivity index (χ4n) is 13.5. The second-order valence-electron chi connectivity index (χ2n) is 23.7. The molecule has 94 heavy (non-hydrogen) atoms. The van der Waals surface area contributed by atoms with Crippen molar-refractivity contribution in [2.45, 2.75) is 138 Å². The van der Waals surface area contributed by atoms with Crippen molar-refractivity contribution in [3.8, 4) is 46.0 Å². The normalized spacial score (nSPS) is 30.9. The third-order valence-corrected chi connectivity index (χ3v) is 18.6. The van der Waals surface area contributed by atoms with E-state index in [1.165, 1.54) is 39.5 Å². The summed E-state index contributed by atoms with van der Waals surface area (Å²) >= 11 is 0. The van der Waals surface area contributed by atoms with Crippen LogP contribution < -0.4 is 29.4 Å². The number of fused-ring (bicyclic) bond motifs is 7. The number of cyclic esters (lactones) is 1. The SMILES string of the molecule is COc1cc([C@@H]2c3cc4c(cc3C(O[C@@H]3O[C@@H]5CO[C@@H](C)O[C@H]5[C@H](O)[C@H]3O)[C@H]3COC(=O)[C@H]23)OCO4)cc(OC)c1O.COc1cccc2c1C(=O)c1c(O)c3c(c(O)c1C2=O)C[C@@](O)(C(=O)CO)C[C@@H]3O[C@H]1C[C@H](N)[C@H](O)[C@H](C)O1.O=C(O)C1(C(=O)O)CCC1.[CH3-].[CH3-].[Pt+2]. The summed E-state index contributed by atoms with van der Waals surface area (Å²) in [4.78, 5) is 73.9. The maximum absolute atomic E-state index is 13.6. The van der Waals surface area contributed by atoms with Crippen LogP contribution in [0.2, 0.25) is 0 Å². The van der Waals surface area contributed by atoms with E-state index in [1.54, 1.807) is 38.1 Å². The molecule has 29 nitrogen and oxygen atoms in total. The Hall–Kier alpha value is -7.09. The smallest absolute Gasteiger partial charge is 0.507 e. The molecule has 0 aromatic heterocycles. The fourth-order valence-corrected chi connectivity index (χ4v) is 13.5. The molecule has 0 radical (unpaired) electrons. The number of phenols is 3. The summed E-state index contributed by atoms with van der Waals surface area (Å²) in [6, 6.07) is 10.6. The first kappa shape index (κ1) is 72.7. The average Bonchev–Trinajstić information content (AvgIpc) is 0.953. The number of aromatic hydroxyl groups is 3. The predicted molar refractivity (Wildman–Crippen MR) is 314 cm³/mol. The van der Waals surface area contributed by atoms with E-state index in [0.29, 0.717) is 34.6 Å². The van der Waals surface area contributed by atoms with E-state index in [0.717, 1.165) is 0 Å². The number of hydrogen-bond acceptors (Lipinski definition) is 27. The van der Waals surface area contributed by atoms with Gasteiger partial charge in [0.25, 0.3) is 0 Å². The summed E-state index contributed by atoms with van der Waals surface area (Å²) in [6.07, 6.45) is -10.7. The Morgan fingerprint density at radius 3 is 1.94 bits per heavy atom. The number of methoxy groups -OCH3 is 3. The van der Waals surface area contributed by atoms with Gasteiger partial charge in [0, 0.05) is 53.8 Å². The van der Waals surface area contributed by atoms with Crippen LogP contribution in [0.25, 0.3) is 0 Å². The summed E-state index contributed by atoms with van der Waals surface area (Å²) in [5.41, 5.74) is 2.94. The Morgan fingerprint density at radius 1 is 0.734 bits per heavy atom. The van der Waals surface area contributed by atoms with Crippen LogP contribution >= 0.6 is 0 Å². The van der Waals surface area contributed by atoms with E-state index in [4.69, 9.17) is 72.8 Å². The van der Waals surface area contributed by atoms with Crippen LogP contribution in [0.4, 0.5) is 0 Å². The molecule has 4 saturated heterocycles. The second kappa shape index (κ2) is 28.3. The van der Waals surface area contributed by atoms with Crippen molar-refractivity contribution in [1.29, 1.82) is 0 Å². The first-order chi connectivity index (χ1) is 43.3. The van der Waals surface area contributed by atoms with E-state index in [-0.39, 0.29) is 120 Å². The Labute approximate surface area is 552 Å². The number of ether oxygens (including phenoxy) is 12. The van der Waals surface area contributed by atoms with E-state index >= 15 is 0 Å². The molecule has 5 fully saturated rings. The number of carboxylic acid groups (broad SMARTS) is 2. The van der Waals surface area contributed by atoms with Crippen LogP contribution in [0, 0.1) is 32.1 Å². The number of aliphatic hydroxyl groups is 5. The molecule has 5 aliphatic heterocycles. The number of phenolic OH excluding ortho intramolecular Hbond substituents is 3. The molecular formula is C64H75NO28Pt. The predicted octanol–water partition coefficient (Wildman–Crippen LogP) is 2.56. The number of aliphatic carboxylic acids is 2. The third-order valence-electron chi connectivity index (χ3n) is 18.6. The molecule has 13 rings (SSSR count). The third kappa shape index (κ3) is 12.5. The molecule has 4 aromatic carbocycles. The summed E-state index contributed by atoms with van der Waals surface area (Å²) in [5, 5.41) is 103. The van der Waals surface area contributed by atoms with Gasteiger partial charge in [0.05, 0.1) is 81.6 Å². The van der Waals surface area contributed by atoms with Crippen LogP contribution in [-0.4, -0.2) is 201 Å². The number of carbonyl (C=O) groups excluding carboxylic acids is 4. The van der Waals surface area contributed by atoms with Gasteiger partial charge in [-0.2, -0.15) is 0 Å². The summed E-state index contributed by atoms with van der Waals surface area (Å²) in [6.45, 7) is 2.49. The Bertz CT molecular complexity index is 3520. The quantitative estimate of drug-likeness (QED) is 0.0370. The van der Waals surface area contributed by atoms with Gasteiger partial charge in [0.15, 0.2) is 58.8 Å². The Morgan fingerprint density at radius 2 is 1.36 bits per heavy atom. The van der Waals surface area contributed by atoms with Gasteiger partial charge in [0.1, 0.15) is 53.9 Å². The molecule has 4 aromatic rings. The zero-order valence-electron chi connectivity index (χ0n) is 52.0. The molecule has 9 aliphatic rings. The maximum Gasteiger partial charge on any atom is 2.00 e. The van der Waals surface area contributed by atoms with E-state index in [9.17, 15) is 69.6 Å². The van der Waals surface area contributed by atoms with Crippen LogP contribution in [0.1, 0.15) is 124 Å². The molecule has 5 heterocycles. The standard InChI is InChI=1S/C29H32O13.C27H29NO11.C6H8O4.2CH3.Pt/c1-11-36-9-20-27(40-11)24(31)25(32)29(41-20)42-26-14-7-17-16(38-10-39-17)6-13(14)21(22-15(26)8-37-28(22)33)12-4-18(34-2)23(30)19(5-12)35-3;1-10-22(31)13(28)6-17(38-10)39-15-8-27(36,16(30)9-29)7-12-19(15)26(35)21-20(24(12)33)23(32)11-4-3-5-14(37-2)18(11)25(21)34;7-4(8)6(5(9)10)2-1-3-6;;;/h4-7,11,15,20-22,24-27,29-32H,8-10H2,1-3H3;3-5,10,13,15,17,22,29,31,33,35-36H,6-9,28H2,1-2H3;1-3H2,(H,7,8)(H,9,10);2*1H3;/q;;;2*-1;+2/t11-,15+,20-,21-,22+,24-,25-,26?,27-,29+;10-,13-,15-,17-,22+,27-;;;;/m10..../s1. The maximum atomic E-state index is 13.6. The Balaban J connectivity index is 0.000000205. The van der Waals surface area contributed by atoms with Crippen molar-refractivity contribution in [3.63, 3.8) is 0 Å². The van der Waals surface area contributed by atoms with Gasteiger partial charge < -0.3 is 128 Å². The minimum absolute atomic E-state index is 0. The molecule has 514 valence electrons. The van der Waals surface area contributed by atoms with Gasteiger partial charge in [-0.15, -0.1) is 0 Å². The zero-order chi connectivity index (χ0) is 65.4. The fraction of sp³-hybridized carbons (Fsp3) is 0.500. The number of carbonyl (C=O) groups is 6. The number of nitrogens with two attached hydrogens (primary N) is 1. The second-order valence-corrected chi connectivity index (χ2v) is 23.7. The Kier molecular flexibility index (Phi) is 21.9. The summed E-state index contributed by atoms with van der Waals surface area (Å²) in [5.74, 6) is -7.20. The first-order valence-corrected chi connectivity index (χ1v) is 29.3. The van der Waals surface area contributed by atoms with Crippen molar-refractivity contribution in [2.24, 2.45) is 23.0 Å². The monoisotopic (exact) mass is 1500 g/mol. The number of esters is 1. The molecule has 0 bridgehead atoms. The number of ketones is 3. The van der Waals surface area contributed by atoms with Crippen molar-refractivity contribution >= 4 is 35.3 Å². The van der Waals surface area contributed by atoms with Gasteiger partial charge >= 0.3 is 39.0 Å². The number of hydrogen-bond donors (Lipinski definition) is 11. The van der Waals surface area contributed by atoms with Crippen LogP contribution in [0.15, 0.2) is 42.5 Å². The van der Waals surface area contributed by atoms with Gasteiger partial charge in [-0.1, -0.05) is 12.1 Å². The summed E-state index contributed by atoms with van der Waals surface area (Å²) in [7, 11) is 4.18. The van der Waals surface area contributed by atoms with Crippen molar-refractivity contribution in [1.82, 2.24) is 0 Å². The van der Waals surface area contributed by atoms with Gasteiger partial charge in [0.2, 0.25) is 18.3 Å². The number of aliphatic hydroxyl groups excluding tert-OH is 4. The first-order valence-electron chi connectivity index (χ1n) is 29.3. The van der Waals surface area contributed by atoms with Gasteiger partial charge in [-0.3, -0.25) is 28.8 Å². The van der Waals surface area contributed by atoms with Crippen molar-refractivity contribution in [2.75, 3.05) is 47.9 Å². The molecule has 12 N–H and O–H groups in total. The van der Waals surface area contributed by atoms with Crippen LogP contribution in [0.3, 0.4) is 0 Å². The molecule has 0 spiro atoms. The number of benzene rings is 4. The largest absolute Gasteiger partial charge is 2.00 e. The van der Waals surface area contributed by atoms with Gasteiger partial charge in [-0.25, -0.2) is 0 Å². The van der Waals surface area contributed by atoms with E-state index in [2.05, 4.69) is 0 Å². The number of carboxylic acids is 2. The van der Waals surface area contributed by atoms with E-state index in [1.807, 2.05) is 0 Å². The van der Waals surface area contributed by atoms with E-state index < -0.39 is 180 Å². The van der Waals surface area contributed by atoms with Gasteiger partial charge in [-0.05, 0) is 80.1 Å². The molecule has 16 atom stereocenters. The van der Waals surface area contributed by atoms with Crippen LogP contribution in [-0.2, 0) is 79.8 Å². The molecular weight excluding hydrogens is 1430 g/mol. The summed E-state index contributed by atoms with van der Waals surface area (Å²) < 4.78 is 68.5. The minimum Gasteiger partial charge on any atom is -0.507 e. The van der Waals surface area contributed by atoms with Crippen molar-refractivity contribution < 1.29 is 158 Å². The molecule has 1 unspecified atom stereocenters. The zero-order valence-corrected chi connectivity index (χ0v) is 54.3. The average molecular weight is 1500 g/mol. The molecule has 30 heteroatoms. The minimum atomic E-state index is -2.24. The molecule has 0 amide bonds. The number of rotatable bonds is 12. The molecule has 1 saturated carbocycles.